The fourth-order valence-corrected chi connectivity index (χ4v) is 3.43. The maximum Gasteiger partial charge on any atom is 0.308 e. The summed E-state index contributed by atoms with van der Waals surface area (Å²) in [5.41, 5.74) is 2.59. The van der Waals surface area contributed by atoms with Gasteiger partial charge in [0.25, 0.3) is 5.91 Å². The quantitative estimate of drug-likeness (QED) is 0.469. The summed E-state index contributed by atoms with van der Waals surface area (Å²) in [5, 5.41) is 3.00. The lowest BCUT2D eigenvalue weighted by Crippen LogP contribution is -2.46. The number of carbonyl (C=O) groups excluding carboxylic acids is 3. The zero-order valence-electron chi connectivity index (χ0n) is 17.3. The van der Waals surface area contributed by atoms with Crippen molar-refractivity contribution in [3.63, 3.8) is 0 Å². The van der Waals surface area contributed by atoms with Gasteiger partial charge in [0.2, 0.25) is 5.91 Å². The molecular formula is C24H26N2O4. The smallest absolute Gasteiger partial charge is 0.308 e. The van der Waals surface area contributed by atoms with Crippen LogP contribution in [0.25, 0.3) is 6.08 Å². The summed E-state index contributed by atoms with van der Waals surface area (Å²) in [6.07, 6.45) is 4.83. The van der Waals surface area contributed by atoms with Crippen molar-refractivity contribution < 1.29 is 19.1 Å². The second-order valence-corrected chi connectivity index (χ2v) is 7.44. The van der Waals surface area contributed by atoms with Gasteiger partial charge in [0.1, 0.15) is 5.75 Å². The molecule has 0 atom stereocenters. The number of carbonyl (C=O) groups is 3. The van der Waals surface area contributed by atoms with E-state index in [0.29, 0.717) is 37.2 Å². The van der Waals surface area contributed by atoms with Crippen molar-refractivity contribution in [3.8, 4) is 5.75 Å². The summed E-state index contributed by atoms with van der Waals surface area (Å²) in [5.74, 6) is -0.319. The predicted octanol–water partition coefficient (Wildman–Crippen LogP) is 3.35. The van der Waals surface area contributed by atoms with Gasteiger partial charge in [-0.1, -0.05) is 35.9 Å². The van der Waals surface area contributed by atoms with E-state index < -0.39 is 5.97 Å². The number of nitrogens with one attached hydrogen (secondary N) is 1. The fourth-order valence-electron chi connectivity index (χ4n) is 3.43. The van der Waals surface area contributed by atoms with Crippen LogP contribution in [0, 0.1) is 6.92 Å². The van der Waals surface area contributed by atoms with Gasteiger partial charge in [-0.3, -0.25) is 14.4 Å². The number of piperidine rings is 1. The standard InChI is InChI=1S/C24H26N2O4/c1-17-5-3-6-19(15-17)9-10-23(28)26-13-11-21(12-14-26)25-24(29)20-7-4-8-22(16-20)30-18(2)27/h3-10,15-16,21H,11-14H2,1-2H3,(H,25,29)/b10-9+. The molecule has 0 bridgehead atoms. The number of ether oxygens (including phenoxy) is 1. The lowest BCUT2D eigenvalue weighted by Gasteiger charge is -2.31. The number of rotatable bonds is 5. The van der Waals surface area contributed by atoms with E-state index in [4.69, 9.17) is 4.74 Å². The van der Waals surface area contributed by atoms with E-state index in [1.165, 1.54) is 6.92 Å². The molecule has 1 saturated heterocycles. The van der Waals surface area contributed by atoms with Crippen molar-refractivity contribution in [3.05, 3.63) is 71.3 Å². The molecule has 1 N–H and O–H groups in total. The largest absolute Gasteiger partial charge is 0.427 e. The molecule has 0 aromatic heterocycles. The van der Waals surface area contributed by atoms with Crippen molar-refractivity contribution in [2.75, 3.05) is 13.1 Å². The molecule has 156 valence electrons. The minimum atomic E-state index is -0.430. The van der Waals surface area contributed by atoms with Crippen molar-refractivity contribution >= 4 is 23.9 Å². The number of likely N-dealkylation sites (tertiary alicyclic amines) is 1. The molecule has 0 radical (unpaired) electrons. The molecule has 1 aliphatic heterocycles. The summed E-state index contributed by atoms with van der Waals surface area (Å²) >= 11 is 0. The van der Waals surface area contributed by atoms with Crippen LogP contribution in [0.3, 0.4) is 0 Å². The third-order valence-corrected chi connectivity index (χ3v) is 4.96. The Bertz CT molecular complexity index is 959. The Labute approximate surface area is 176 Å². The summed E-state index contributed by atoms with van der Waals surface area (Å²) in [4.78, 5) is 37.8. The van der Waals surface area contributed by atoms with Crippen molar-refractivity contribution in [1.29, 1.82) is 0 Å². The Morgan fingerprint density at radius 1 is 1.07 bits per heavy atom. The lowest BCUT2D eigenvalue weighted by atomic mass is 10.0. The molecule has 1 heterocycles. The number of hydrogen-bond donors (Lipinski definition) is 1. The summed E-state index contributed by atoms with van der Waals surface area (Å²) in [6, 6.07) is 14.5. The first-order valence-electron chi connectivity index (χ1n) is 10.0. The molecule has 6 nitrogen and oxygen atoms in total. The Kier molecular flexibility index (Phi) is 7.01. The summed E-state index contributed by atoms with van der Waals surface area (Å²) in [7, 11) is 0. The topological polar surface area (TPSA) is 75.7 Å². The van der Waals surface area contributed by atoms with Crippen molar-refractivity contribution in [1.82, 2.24) is 10.2 Å². The molecule has 1 aliphatic rings. The van der Waals surface area contributed by atoms with E-state index >= 15 is 0 Å². The Balaban J connectivity index is 1.50. The molecule has 0 unspecified atom stereocenters. The van der Waals surface area contributed by atoms with Crippen LogP contribution in [0.4, 0.5) is 0 Å². The number of benzene rings is 2. The van der Waals surface area contributed by atoms with Crippen LogP contribution in [-0.4, -0.2) is 41.8 Å². The van der Waals surface area contributed by atoms with E-state index in [-0.39, 0.29) is 17.9 Å². The number of amides is 2. The molecule has 0 saturated carbocycles. The van der Waals surface area contributed by atoms with Crippen LogP contribution in [-0.2, 0) is 9.59 Å². The maximum atomic E-state index is 12.5. The number of nitrogens with zero attached hydrogens (tertiary/aromatic N) is 1. The van der Waals surface area contributed by atoms with Crippen LogP contribution in [0.15, 0.2) is 54.6 Å². The highest BCUT2D eigenvalue weighted by Crippen LogP contribution is 2.16. The molecule has 30 heavy (non-hydrogen) atoms. The molecule has 6 heteroatoms. The molecule has 0 spiro atoms. The first kappa shape index (κ1) is 21.3. The zero-order chi connectivity index (χ0) is 21.5. The lowest BCUT2D eigenvalue weighted by molar-refractivity contribution is -0.132. The highest BCUT2D eigenvalue weighted by Gasteiger charge is 2.23. The van der Waals surface area contributed by atoms with E-state index in [9.17, 15) is 14.4 Å². The first-order valence-corrected chi connectivity index (χ1v) is 10.0. The molecule has 2 aromatic carbocycles. The molecule has 2 amide bonds. The van der Waals surface area contributed by atoms with Crippen LogP contribution in [0.5, 0.6) is 5.75 Å². The second-order valence-electron chi connectivity index (χ2n) is 7.44. The molecular weight excluding hydrogens is 380 g/mol. The van der Waals surface area contributed by atoms with Gasteiger partial charge in [-0.15, -0.1) is 0 Å². The average molecular weight is 406 g/mol. The van der Waals surface area contributed by atoms with Gasteiger partial charge < -0.3 is 15.0 Å². The Hall–Kier alpha value is -3.41. The van der Waals surface area contributed by atoms with Gasteiger partial charge in [-0.2, -0.15) is 0 Å². The van der Waals surface area contributed by atoms with Crippen LogP contribution in [0.2, 0.25) is 0 Å². The third-order valence-electron chi connectivity index (χ3n) is 4.96. The molecule has 3 rings (SSSR count). The molecule has 2 aromatic rings. The third kappa shape index (κ3) is 6.04. The zero-order valence-corrected chi connectivity index (χ0v) is 17.3. The minimum absolute atomic E-state index is 0.000293. The first-order chi connectivity index (χ1) is 14.4. The van der Waals surface area contributed by atoms with Crippen LogP contribution in [0.1, 0.15) is 41.3 Å². The normalized spacial score (nSPS) is 14.5. The summed E-state index contributed by atoms with van der Waals surface area (Å²) in [6.45, 7) is 4.52. The van der Waals surface area contributed by atoms with E-state index in [1.54, 1.807) is 35.2 Å². The predicted molar refractivity (Wildman–Crippen MR) is 115 cm³/mol. The number of esters is 1. The average Bonchev–Trinajstić information content (AvgIpc) is 2.72. The highest BCUT2D eigenvalue weighted by molar-refractivity contribution is 5.95. The Morgan fingerprint density at radius 2 is 1.80 bits per heavy atom. The van der Waals surface area contributed by atoms with Gasteiger partial charge in [0.05, 0.1) is 0 Å². The van der Waals surface area contributed by atoms with Gasteiger partial charge in [0.15, 0.2) is 0 Å². The van der Waals surface area contributed by atoms with Crippen LogP contribution < -0.4 is 10.1 Å². The van der Waals surface area contributed by atoms with Crippen molar-refractivity contribution in [2.24, 2.45) is 0 Å². The van der Waals surface area contributed by atoms with E-state index in [1.807, 2.05) is 37.3 Å². The summed E-state index contributed by atoms with van der Waals surface area (Å²) < 4.78 is 5.03. The van der Waals surface area contributed by atoms with Gasteiger partial charge >= 0.3 is 5.97 Å². The molecule has 1 fully saturated rings. The van der Waals surface area contributed by atoms with E-state index in [2.05, 4.69) is 5.32 Å². The van der Waals surface area contributed by atoms with Crippen LogP contribution >= 0.6 is 0 Å². The van der Waals surface area contributed by atoms with Gasteiger partial charge in [0, 0.05) is 37.7 Å². The fraction of sp³-hybridized carbons (Fsp3) is 0.292. The minimum Gasteiger partial charge on any atom is -0.427 e. The van der Waals surface area contributed by atoms with E-state index in [0.717, 1.165) is 11.1 Å². The number of hydrogen-bond acceptors (Lipinski definition) is 4. The highest BCUT2D eigenvalue weighted by atomic mass is 16.5. The molecule has 0 aliphatic carbocycles. The SMILES string of the molecule is CC(=O)Oc1cccc(C(=O)NC2CCN(C(=O)/C=C/c3cccc(C)c3)CC2)c1. The Morgan fingerprint density at radius 3 is 2.50 bits per heavy atom. The van der Waals surface area contributed by atoms with Gasteiger partial charge in [-0.05, 0) is 49.6 Å². The maximum absolute atomic E-state index is 12.5. The monoisotopic (exact) mass is 406 g/mol. The second kappa shape index (κ2) is 9.87. The number of aryl methyl sites for hydroxylation is 1. The van der Waals surface area contributed by atoms with Crippen molar-refractivity contribution in [2.45, 2.75) is 32.7 Å². The van der Waals surface area contributed by atoms with Gasteiger partial charge in [-0.25, -0.2) is 0 Å².